The van der Waals surface area contributed by atoms with Gasteiger partial charge in [0.15, 0.2) is 0 Å². The van der Waals surface area contributed by atoms with Crippen molar-refractivity contribution in [3.05, 3.63) is 29.0 Å². The zero-order valence-electron chi connectivity index (χ0n) is 10.2. The number of ether oxygens (including phenoxy) is 1. The number of hydrogen-bond acceptors (Lipinski definition) is 3. The minimum Gasteiger partial charge on any atom is -0.381 e. The van der Waals surface area contributed by atoms with Crippen LogP contribution in [0.25, 0.3) is 0 Å². The van der Waals surface area contributed by atoms with Gasteiger partial charge in [0.05, 0.1) is 0 Å². The zero-order chi connectivity index (χ0) is 12.8. The fraction of sp³-hybridized carbons (Fsp3) is 0.538. The third-order valence-electron chi connectivity index (χ3n) is 2.75. The van der Waals surface area contributed by atoms with E-state index in [0.29, 0.717) is 24.0 Å². The van der Waals surface area contributed by atoms with Crippen LogP contribution in [-0.4, -0.2) is 30.6 Å². The molecule has 2 rings (SSSR count). The smallest absolute Gasteiger partial charge is 0.269 e. The average molecular weight is 269 g/mol. The van der Waals surface area contributed by atoms with Crippen LogP contribution in [0.4, 0.5) is 0 Å². The summed E-state index contributed by atoms with van der Waals surface area (Å²) in [6.45, 7) is 2.15. The summed E-state index contributed by atoms with van der Waals surface area (Å²) in [5.74, 6) is 0.593. The maximum atomic E-state index is 11.7. The fourth-order valence-electron chi connectivity index (χ4n) is 1.54. The molecule has 0 aliphatic heterocycles. The van der Waals surface area contributed by atoms with Crippen molar-refractivity contribution in [2.24, 2.45) is 5.92 Å². The summed E-state index contributed by atoms with van der Waals surface area (Å²) < 4.78 is 5.48. The number of aromatic nitrogens is 1. The second-order valence-corrected chi connectivity index (χ2v) is 4.86. The molecule has 5 heteroatoms. The Labute approximate surface area is 112 Å². The highest BCUT2D eigenvalue weighted by molar-refractivity contribution is 6.29. The minimum absolute atomic E-state index is 0.195. The Bertz CT molecular complexity index is 408. The van der Waals surface area contributed by atoms with E-state index in [9.17, 15) is 4.79 Å². The van der Waals surface area contributed by atoms with Gasteiger partial charge >= 0.3 is 0 Å². The Balaban J connectivity index is 1.59. The molecule has 1 saturated carbocycles. The lowest BCUT2D eigenvalue weighted by molar-refractivity contribution is 0.0932. The number of carbonyl (C=O) groups excluding carboxylic acids is 1. The summed E-state index contributed by atoms with van der Waals surface area (Å²) in [4.78, 5) is 15.6. The number of rotatable bonds is 7. The van der Waals surface area contributed by atoms with Gasteiger partial charge in [-0.1, -0.05) is 17.7 Å². The standard InChI is InChI=1S/C13H17ClN2O2/c14-12-4-1-3-11(16-12)13(17)15-7-2-8-18-9-10-5-6-10/h1,3-4,10H,2,5-9H2,(H,15,17). The molecule has 1 fully saturated rings. The summed E-state index contributed by atoms with van der Waals surface area (Å²) in [7, 11) is 0. The van der Waals surface area contributed by atoms with Crippen molar-refractivity contribution in [1.82, 2.24) is 10.3 Å². The van der Waals surface area contributed by atoms with E-state index in [1.165, 1.54) is 12.8 Å². The lowest BCUT2D eigenvalue weighted by Gasteiger charge is -2.05. The van der Waals surface area contributed by atoms with Gasteiger partial charge in [-0.25, -0.2) is 4.98 Å². The molecule has 1 aromatic rings. The molecule has 0 bridgehead atoms. The molecule has 1 heterocycles. The van der Waals surface area contributed by atoms with Crippen LogP contribution in [0.1, 0.15) is 29.8 Å². The topological polar surface area (TPSA) is 51.2 Å². The van der Waals surface area contributed by atoms with Crippen LogP contribution in [0, 0.1) is 5.92 Å². The van der Waals surface area contributed by atoms with Crippen LogP contribution in [0.5, 0.6) is 0 Å². The normalized spacial score (nSPS) is 14.5. The van der Waals surface area contributed by atoms with Crippen LogP contribution in [0.3, 0.4) is 0 Å². The molecular formula is C13H17ClN2O2. The van der Waals surface area contributed by atoms with Gasteiger partial charge in [0.25, 0.3) is 5.91 Å². The highest BCUT2D eigenvalue weighted by atomic mass is 35.5. The second kappa shape index (κ2) is 6.71. The third-order valence-corrected chi connectivity index (χ3v) is 2.96. The van der Waals surface area contributed by atoms with Gasteiger partial charge in [0.2, 0.25) is 0 Å². The summed E-state index contributed by atoms with van der Waals surface area (Å²) in [5, 5.41) is 3.12. The molecule has 0 unspecified atom stereocenters. The van der Waals surface area contributed by atoms with Crippen molar-refractivity contribution < 1.29 is 9.53 Å². The molecule has 1 aromatic heterocycles. The fourth-order valence-corrected chi connectivity index (χ4v) is 1.70. The van der Waals surface area contributed by atoms with Gasteiger partial charge in [0, 0.05) is 19.8 Å². The molecule has 0 atom stereocenters. The Morgan fingerprint density at radius 3 is 3.06 bits per heavy atom. The summed E-state index contributed by atoms with van der Waals surface area (Å²) >= 11 is 5.72. The quantitative estimate of drug-likeness (QED) is 0.610. The molecule has 1 aliphatic rings. The van der Waals surface area contributed by atoms with E-state index in [-0.39, 0.29) is 5.91 Å². The van der Waals surface area contributed by atoms with Crippen molar-refractivity contribution >= 4 is 17.5 Å². The molecule has 1 amide bonds. The van der Waals surface area contributed by atoms with Gasteiger partial charge in [-0.15, -0.1) is 0 Å². The average Bonchev–Trinajstić information content (AvgIpc) is 3.17. The summed E-state index contributed by atoms with van der Waals surface area (Å²) in [6, 6.07) is 5.00. The van der Waals surface area contributed by atoms with Gasteiger partial charge < -0.3 is 10.1 Å². The lowest BCUT2D eigenvalue weighted by atomic mass is 10.3. The number of hydrogen-bond donors (Lipinski definition) is 1. The second-order valence-electron chi connectivity index (χ2n) is 4.47. The zero-order valence-corrected chi connectivity index (χ0v) is 10.9. The van der Waals surface area contributed by atoms with Crippen LogP contribution < -0.4 is 5.32 Å². The van der Waals surface area contributed by atoms with E-state index >= 15 is 0 Å². The van der Waals surface area contributed by atoms with Gasteiger partial charge in [-0.05, 0) is 37.3 Å². The first-order valence-corrected chi connectivity index (χ1v) is 6.62. The summed E-state index contributed by atoms with van der Waals surface area (Å²) in [5.41, 5.74) is 0.349. The number of amides is 1. The monoisotopic (exact) mass is 268 g/mol. The van der Waals surface area contributed by atoms with Crippen molar-refractivity contribution in [3.63, 3.8) is 0 Å². The molecule has 98 valence electrons. The molecule has 1 aliphatic carbocycles. The first-order chi connectivity index (χ1) is 8.75. The van der Waals surface area contributed by atoms with Crippen molar-refractivity contribution in [2.75, 3.05) is 19.8 Å². The van der Waals surface area contributed by atoms with E-state index < -0.39 is 0 Å². The lowest BCUT2D eigenvalue weighted by Crippen LogP contribution is -2.26. The number of nitrogens with zero attached hydrogens (tertiary/aromatic N) is 1. The van der Waals surface area contributed by atoms with Crippen molar-refractivity contribution in [3.8, 4) is 0 Å². The summed E-state index contributed by atoms with van der Waals surface area (Å²) in [6.07, 6.45) is 3.42. The molecule has 0 spiro atoms. The van der Waals surface area contributed by atoms with E-state index in [1.54, 1.807) is 18.2 Å². The minimum atomic E-state index is -0.195. The van der Waals surface area contributed by atoms with Gasteiger partial charge in [-0.2, -0.15) is 0 Å². The van der Waals surface area contributed by atoms with Crippen molar-refractivity contribution in [1.29, 1.82) is 0 Å². The highest BCUT2D eigenvalue weighted by Gasteiger charge is 2.20. The predicted octanol–water partition coefficient (Wildman–Crippen LogP) is 2.28. The van der Waals surface area contributed by atoms with Crippen LogP contribution in [-0.2, 0) is 4.74 Å². The van der Waals surface area contributed by atoms with Crippen LogP contribution in [0.2, 0.25) is 5.15 Å². The first-order valence-electron chi connectivity index (χ1n) is 6.24. The number of nitrogens with one attached hydrogen (secondary N) is 1. The Kier molecular flexibility index (Phi) is 4.96. The predicted molar refractivity (Wildman–Crippen MR) is 69.7 cm³/mol. The number of carbonyl (C=O) groups is 1. The van der Waals surface area contributed by atoms with Gasteiger partial charge in [0.1, 0.15) is 10.8 Å². The Hall–Kier alpha value is -1.13. The number of halogens is 1. The Morgan fingerprint density at radius 1 is 1.50 bits per heavy atom. The Morgan fingerprint density at radius 2 is 2.33 bits per heavy atom. The molecular weight excluding hydrogens is 252 g/mol. The maximum absolute atomic E-state index is 11.7. The number of pyridine rings is 1. The first kappa shape index (κ1) is 13.3. The van der Waals surface area contributed by atoms with Crippen LogP contribution in [0.15, 0.2) is 18.2 Å². The van der Waals surface area contributed by atoms with Crippen LogP contribution >= 0.6 is 11.6 Å². The van der Waals surface area contributed by atoms with E-state index in [0.717, 1.165) is 18.9 Å². The molecule has 18 heavy (non-hydrogen) atoms. The SMILES string of the molecule is O=C(NCCCOCC1CC1)c1cccc(Cl)n1. The highest BCUT2D eigenvalue weighted by Crippen LogP contribution is 2.28. The third kappa shape index (κ3) is 4.63. The molecule has 4 nitrogen and oxygen atoms in total. The molecule has 0 aromatic carbocycles. The van der Waals surface area contributed by atoms with E-state index in [4.69, 9.17) is 16.3 Å². The molecule has 0 radical (unpaired) electrons. The molecule has 0 saturated heterocycles. The van der Waals surface area contributed by atoms with E-state index in [2.05, 4.69) is 10.3 Å². The van der Waals surface area contributed by atoms with E-state index in [1.807, 2.05) is 0 Å². The molecule has 1 N–H and O–H groups in total. The van der Waals surface area contributed by atoms with Gasteiger partial charge in [-0.3, -0.25) is 4.79 Å². The van der Waals surface area contributed by atoms with Crippen molar-refractivity contribution in [2.45, 2.75) is 19.3 Å². The maximum Gasteiger partial charge on any atom is 0.269 e. The largest absolute Gasteiger partial charge is 0.381 e.